The second-order valence-corrected chi connectivity index (χ2v) is 6.82. The van der Waals surface area contributed by atoms with Gasteiger partial charge in [-0.2, -0.15) is 8.42 Å². The molecule has 0 rings (SSSR count). The van der Waals surface area contributed by atoms with Crippen LogP contribution in [-0.4, -0.2) is 78.7 Å². The fourth-order valence-electron chi connectivity index (χ4n) is 2.23. The Kier molecular flexibility index (Phi) is 19.9. The van der Waals surface area contributed by atoms with E-state index in [9.17, 15) is 8.42 Å². The average molecular weight is 388 g/mol. The molecule has 0 spiro atoms. The lowest BCUT2D eigenvalue weighted by Gasteiger charge is -2.17. The van der Waals surface area contributed by atoms with Crippen molar-refractivity contribution in [1.82, 2.24) is 4.90 Å². The minimum atomic E-state index is -4.28. The van der Waals surface area contributed by atoms with Crippen molar-refractivity contribution >= 4 is 10.4 Å². The van der Waals surface area contributed by atoms with Crippen molar-refractivity contribution in [2.75, 3.05) is 39.5 Å². The topological polar surface area (TPSA) is 128 Å². The maximum atomic E-state index is 10.5. The summed E-state index contributed by atoms with van der Waals surface area (Å²) in [4.78, 5) is 1.79. The molecule has 0 heterocycles. The van der Waals surface area contributed by atoms with E-state index in [4.69, 9.17) is 19.9 Å². The van der Waals surface area contributed by atoms with Gasteiger partial charge in [0.05, 0.1) is 25.9 Å². The molecule has 0 radical (unpaired) electrons. The highest BCUT2D eigenvalue weighted by Gasteiger charge is 2.14. The summed E-state index contributed by atoms with van der Waals surface area (Å²) in [5.74, 6) is 0. The van der Waals surface area contributed by atoms with Crippen LogP contribution in [0.2, 0.25) is 0 Å². The minimum Gasteiger partial charge on any atom is -0.395 e. The van der Waals surface area contributed by atoms with Gasteiger partial charge in [-0.3, -0.25) is 9.45 Å². The van der Waals surface area contributed by atoms with E-state index in [1.165, 1.54) is 19.3 Å². The molecule has 1 unspecified atom stereocenters. The number of aliphatic hydroxyl groups excluding tert-OH is 3. The van der Waals surface area contributed by atoms with Crippen molar-refractivity contribution in [2.45, 2.75) is 64.9 Å². The summed E-state index contributed by atoms with van der Waals surface area (Å²) in [6.45, 7) is 5.75. The number of hydrogen-bond acceptors (Lipinski definition) is 7. The van der Waals surface area contributed by atoms with Crippen molar-refractivity contribution in [1.29, 1.82) is 0 Å². The molecule has 0 saturated carbocycles. The third-order valence-electron chi connectivity index (χ3n) is 3.59. The lowest BCUT2D eigenvalue weighted by molar-refractivity contribution is 0.136. The standard InChI is InChI=1S/C10H22O4S.C6H15NO3/c1-3-5-6-7-8-9-10(4-2)14-15(11,12)13;8-4-1-7(2-5-9)3-6-10/h10H,3-9H2,1-2H3,(H,11,12,13);8-10H,1-6H2. The summed E-state index contributed by atoms with van der Waals surface area (Å²) >= 11 is 0. The molecule has 0 aliphatic heterocycles. The van der Waals surface area contributed by atoms with Crippen molar-refractivity contribution in [3.05, 3.63) is 0 Å². The quantitative estimate of drug-likeness (QED) is 0.244. The molecule has 0 saturated heterocycles. The summed E-state index contributed by atoms with van der Waals surface area (Å²) in [5, 5.41) is 25.5. The van der Waals surface area contributed by atoms with Crippen LogP contribution in [0.5, 0.6) is 0 Å². The first-order chi connectivity index (χ1) is 11.8. The second kappa shape index (κ2) is 18.5. The van der Waals surface area contributed by atoms with Gasteiger partial charge in [0.15, 0.2) is 0 Å². The van der Waals surface area contributed by atoms with Gasteiger partial charge in [0.25, 0.3) is 0 Å². The fourth-order valence-corrected chi connectivity index (χ4v) is 2.80. The smallest absolute Gasteiger partial charge is 0.395 e. The van der Waals surface area contributed by atoms with Gasteiger partial charge in [0, 0.05) is 19.6 Å². The van der Waals surface area contributed by atoms with Crippen LogP contribution < -0.4 is 0 Å². The van der Waals surface area contributed by atoms with Crippen LogP contribution in [0.4, 0.5) is 0 Å². The first kappa shape index (κ1) is 26.9. The zero-order valence-corrected chi connectivity index (χ0v) is 16.5. The Bertz CT molecular complexity index is 351. The fraction of sp³-hybridized carbons (Fsp3) is 1.00. The Morgan fingerprint density at radius 2 is 1.36 bits per heavy atom. The molecule has 0 amide bonds. The molecule has 0 aromatic carbocycles. The van der Waals surface area contributed by atoms with Crippen LogP contribution in [0.25, 0.3) is 0 Å². The Labute approximate surface area is 152 Å². The molecule has 0 aromatic rings. The number of aliphatic hydroxyl groups is 3. The molecule has 154 valence electrons. The van der Waals surface area contributed by atoms with Crippen molar-refractivity contribution in [3.63, 3.8) is 0 Å². The van der Waals surface area contributed by atoms with E-state index < -0.39 is 10.4 Å². The van der Waals surface area contributed by atoms with Gasteiger partial charge in [-0.15, -0.1) is 0 Å². The Morgan fingerprint density at radius 1 is 0.880 bits per heavy atom. The number of nitrogens with zero attached hydrogens (tertiary/aromatic N) is 1. The SMILES string of the molecule is CCCCCCCC(CC)OS(=O)(=O)O.OCCN(CCO)CCO. The van der Waals surface area contributed by atoms with Gasteiger partial charge < -0.3 is 15.3 Å². The third kappa shape index (κ3) is 21.7. The predicted molar refractivity (Wildman–Crippen MR) is 97.8 cm³/mol. The molecule has 0 aromatic heterocycles. The summed E-state index contributed by atoms with van der Waals surface area (Å²) in [7, 11) is -4.28. The van der Waals surface area contributed by atoms with Crippen LogP contribution in [0.3, 0.4) is 0 Å². The van der Waals surface area contributed by atoms with Gasteiger partial charge in [0.1, 0.15) is 0 Å². The molecule has 0 aliphatic rings. The molecule has 25 heavy (non-hydrogen) atoms. The third-order valence-corrected chi connectivity index (χ3v) is 4.11. The predicted octanol–water partition coefficient (Wildman–Crippen LogP) is 1.21. The summed E-state index contributed by atoms with van der Waals surface area (Å²) in [5.41, 5.74) is 0. The van der Waals surface area contributed by atoms with Gasteiger partial charge >= 0.3 is 10.4 Å². The summed E-state index contributed by atoms with van der Waals surface area (Å²) in [6, 6.07) is 0. The van der Waals surface area contributed by atoms with Crippen LogP contribution in [0, 0.1) is 0 Å². The molecule has 0 fully saturated rings. The minimum absolute atomic E-state index is 0.0694. The number of unbranched alkanes of at least 4 members (excludes halogenated alkanes) is 4. The Morgan fingerprint density at radius 3 is 1.72 bits per heavy atom. The van der Waals surface area contributed by atoms with Crippen molar-refractivity contribution in [2.24, 2.45) is 0 Å². The zero-order chi connectivity index (χ0) is 19.6. The van der Waals surface area contributed by atoms with E-state index in [-0.39, 0.29) is 25.9 Å². The first-order valence-corrected chi connectivity index (χ1v) is 10.4. The van der Waals surface area contributed by atoms with Gasteiger partial charge in [-0.1, -0.05) is 46.0 Å². The Balaban J connectivity index is 0. The first-order valence-electron chi connectivity index (χ1n) is 9.05. The summed E-state index contributed by atoms with van der Waals surface area (Å²) < 4.78 is 34.0. The lowest BCUT2D eigenvalue weighted by atomic mass is 10.1. The average Bonchev–Trinajstić information content (AvgIpc) is 2.54. The molecule has 4 N–H and O–H groups in total. The highest BCUT2D eigenvalue weighted by Crippen LogP contribution is 2.13. The van der Waals surface area contributed by atoms with Gasteiger partial charge in [-0.25, -0.2) is 4.18 Å². The van der Waals surface area contributed by atoms with E-state index in [0.29, 0.717) is 32.5 Å². The molecule has 9 heteroatoms. The van der Waals surface area contributed by atoms with Crippen molar-refractivity contribution < 1.29 is 32.5 Å². The molecule has 0 aliphatic carbocycles. The van der Waals surface area contributed by atoms with Gasteiger partial charge in [0.2, 0.25) is 0 Å². The Hall–Kier alpha value is -0.290. The molecule has 8 nitrogen and oxygen atoms in total. The van der Waals surface area contributed by atoms with Crippen LogP contribution in [0.15, 0.2) is 0 Å². The van der Waals surface area contributed by atoms with E-state index in [0.717, 1.165) is 12.8 Å². The van der Waals surface area contributed by atoms with Crippen LogP contribution in [0.1, 0.15) is 58.8 Å². The maximum absolute atomic E-state index is 10.5. The van der Waals surface area contributed by atoms with E-state index in [1.54, 1.807) is 4.90 Å². The zero-order valence-electron chi connectivity index (χ0n) is 15.6. The van der Waals surface area contributed by atoms with Crippen molar-refractivity contribution in [3.8, 4) is 0 Å². The second-order valence-electron chi connectivity index (χ2n) is 5.77. The molecular formula is C16H37NO7S. The molecule has 0 bridgehead atoms. The van der Waals surface area contributed by atoms with E-state index >= 15 is 0 Å². The normalized spacial score (nSPS) is 12.8. The van der Waals surface area contributed by atoms with Crippen LogP contribution in [-0.2, 0) is 14.6 Å². The van der Waals surface area contributed by atoms with E-state index in [1.807, 2.05) is 6.92 Å². The maximum Gasteiger partial charge on any atom is 0.397 e. The number of rotatable bonds is 15. The molecule has 1 atom stereocenters. The number of hydrogen-bond donors (Lipinski definition) is 4. The van der Waals surface area contributed by atoms with Crippen LogP contribution >= 0.6 is 0 Å². The largest absolute Gasteiger partial charge is 0.397 e. The highest BCUT2D eigenvalue weighted by molar-refractivity contribution is 7.80. The summed E-state index contributed by atoms with van der Waals surface area (Å²) in [6.07, 6.45) is 6.57. The highest BCUT2D eigenvalue weighted by atomic mass is 32.3. The van der Waals surface area contributed by atoms with Gasteiger partial charge in [-0.05, 0) is 12.8 Å². The monoisotopic (exact) mass is 387 g/mol. The van der Waals surface area contributed by atoms with E-state index in [2.05, 4.69) is 11.1 Å². The molecular weight excluding hydrogens is 350 g/mol. The lowest BCUT2D eigenvalue weighted by Crippen LogP contribution is -2.32.